The van der Waals surface area contributed by atoms with Crippen LogP contribution in [0.3, 0.4) is 0 Å². The maximum absolute atomic E-state index is 15.4. The Labute approximate surface area is 204 Å². The molecule has 3 aliphatic rings. The Morgan fingerprint density at radius 1 is 1.24 bits per heavy atom. The van der Waals surface area contributed by atoms with E-state index in [0.29, 0.717) is 16.3 Å². The van der Waals surface area contributed by atoms with Crippen molar-refractivity contribution in [1.82, 2.24) is 10.2 Å². The van der Waals surface area contributed by atoms with Crippen molar-refractivity contribution in [2.75, 3.05) is 25.5 Å². The van der Waals surface area contributed by atoms with Gasteiger partial charge in [-0.2, -0.15) is 0 Å². The molecule has 1 saturated carbocycles. The molecule has 10 heteroatoms. The summed E-state index contributed by atoms with van der Waals surface area (Å²) in [5, 5.41) is 5.72. The fourth-order valence-corrected chi connectivity index (χ4v) is 6.31. The molecule has 2 heterocycles. The summed E-state index contributed by atoms with van der Waals surface area (Å²) in [6.45, 7) is 0.255. The zero-order valence-corrected chi connectivity index (χ0v) is 19.7. The van der Waals surface area contributed by atoms with E-state index in [1.54, 1.807) is 29.2 Å². The van der Waals surface area contributed by atoms with Crippen LogP contribution in [0, 0.1) is 17.7 Å². The predicted molar refractivity (Wildman–Crippen MR) is 123 cm³/mol. The van der Waals surface area contributed by atoms with Gasteiger partial charge in [-0.25, -0.2) is 13.2 Å². The standard InChI is InChI=1S/C24H22Cl2F3N3O2/c1-30-21(33)15-11-32(10-12-8-23(28,29)9-12)24(19(15)14-3-2-4-17(26)20(14)27)16-6-5-13(25)7-18(16)31-22(24)34/h2-7,12,15,19H,8-11H2,1H3,(H,30,33)(H,31,34)/t15-,19?,24-/m1/s1. The van der Waals surface area contributed by atoms with Crippen LogP contribution in [0.5, 0.6) is 0 Å². The number of likely N-dealkylation sites (tertiary alicyclic amines) is 1. The average molecular weight is 512 g/mol. The van der Waals surface area contributed by atoms with Gasteiger partial charge in [0.15, 0.2) is 0 Å². The number of fused-ring (bicyclic) bond motifs is 2. The largest absolute Gasteiger partial charge is 0.359 e. The molecule has 180 valence electrons. The predicted octanol–water partition coefficient (Wildman–Crippen LogP) is 4.79. The van der Waals surface area contributed by atoms with Crippen molar-refractivity contribution in [1.29, 1.82) is 0 Å². The molecule has 34 heavy (non-hydrogen) atoms. The minimum atomic E-state index is -2.74. The molecule has 2 aliphatic heterocycles. The highest BCUT2D eigenvalue weighted by molar-refractivity contribution is 6.31. The van der Waals surface area contributed by atoms with Gasteiger partial charge >= 0.3 is 0 Å². The lowest BCUT2D eigenvalue weighted by molar-refractivity contribution is -0.134. The van der Waals surface area contributed by atoms with E-state index in [0.717, 1.165) is 0 Å². The summed E-state index contributed by atoms with van der Waals surface area (Å²) >= 11 is 12.3. The lowest BCUT2D eigenvalue weighted by Crippen LogP contribution is -2.53. The first-order chi connectivity index (χ1) is 16.1. The van der Waals surface area contributed by atoms with Gasteiger partial charge in [-0.15, -0.1) is 0 Å². The number of alkyl halides is 2. The second-order valence-corrected chi connectivity index (χ2v) is 10.1. The van der Waals surface area contributed by atoms with Gasteiger partial charge in [0, 0.05) is 55.2 Å². The maximum atomic E-state index is 15.4. The summed E-state index contributed by atoms with van der Waals surface area (Å²) in [6.07, 6.45) is -0.592. The van der Waals surface area contributed by atoms with E-state index < -0.39 is 35.0 Å². The fraction of sp³-hybridized carbons (Fsp3) is 0.417. The maximum Gasteiger partial charge on any atom is 0.250 e. The first kappa shape index (κ1) is 23.5. The third kappa shape index (κ3) is 3.41. The van der Waals surface area contributed by atoms with Crippen LogP contribution in [0.2, 0.25) is 10.0 Å². The Kier molecular flexibility index (Phi) is 5.61. The van der Waals surface area contributed by atoms with Crippen LogP contribution in [0.4, 0.5) is 18.9 Å². The van der Waals surface area contributed by atoms with Crippen molar-refractivity contribution in [3.05, 3.63) is 63.4 Å². The Morgan fingerprint density at radius 2 is 1.97 bits per heavy atom. The molecule has 2 N–H and O–H groups in total. The van der Waals surface area contributed by atoms with Crippen LogP contribution in [-0.2, 0) is 15.1 Å². The summed E-state index contributed by atoms with van der Waals surface area (Å²) in [7, 11) is 1.47. The number of hydrogen-bond acceptors (Lipinski definition) is 3. The minimum absolute atomic E-state index is 0.0911. The number of nitrogens with one attached hydrogen (secondary N) is 2. The van der Waals surface area contributed by atoms with E-state index in [1.165, 1.54) is 19.2 Å². The van der Waals surface area contributed by atoms with Crippen LogP contribution in [0.25, 0.3) is 0 Å². The van der Waals surface area contributed by atoms with Gasteiger partial charge in [-0.3, -0.25) is 14.5 Å². The van der Waals surface area contributed by atoms with Crippen LogP contribution in [0.15, 0.2) is 36.4 Å². The van der Waals surface area contributed by atoms with Crippen molar-refractivity contribution in [3.63, 3.8) is 0 Å². The average Bonchev–Trinajstić information content (AvgIpc) is 3.24. The molecule has 2 aromatic carbocycles. The lowest BCUT2D eigenvalue weighted by atomic mass is 9.71. The van der Waals surface area contributed by atoms with Gasteiger partial charge in [0.25, 0.3) is 0 Å². The summed E-state index contributed by atoms with van der Waals surface area (Å²) < 4.78 is 42.7. The monoisotopic (exact) mass is 511 g/mol. The Hall–Kier alpha value is -2.29. The number of carbonyl (C=O) groups is 2. The van der Waals surface area contributed by atoms with E-state index in [1.807, 2.05) is 0 Å². The van der Waals surface area contributed by atoms with Crippen molar-refractivity contribution in [2.45, 2.75) is 30.2 Å². The smallest absolute Gasteiger partial charge is 0.250 e. The zero-order valence-electron chi connectivity index (χ0n) is 18.2. The molecule has 1 aliphatic carbocycles. The van der Waals surface area contributed by atoms with E-state index in [2.05, 4.69) is 10.6 Å². The number of amides is 2. The van der Waals surface area contributed by atoms with Gasteiger partial charge in [-0.1, -0.05) is 41.4 Å². The van der Waals surface area contributed by atoms with Crippen molar-refractivity contribution in [2.24, 2.45) is 11.8 Å². The quantitative estimate of drug-likeness (QED) is 0.620. The number of benzene rings is 2. The first-order valence-corrected chi connectivity index (χ1v) is 11.7. The molecular weight excluding hydrogens is 490 g/mol. The van der Waals surface area contributed by atoms with Crippen molar-refractivity contribution < 1.29 is 22.8 Å². The molecule has 0 aromatic heterocycles. The van der Waals surface area contributed by atoms with Gasteiger partial charge < -0.3 is 10.6 Å². The highest BCUT2D eigenvalue weighted by Gasteiger charge is 2.65. The number of carbonyl (C=O) groups excluding carboxylic acids is 2. The second kappa shape index (κ2) is 8.14. The molecule has 5 nitrogen and oxygen atoms in total. The minimum Gasteiger partial charge on any atom is -0.359 e. The molecular formula is C24H22Cl2F3N3O2. The molecule has 2 amide bonds. The molecule has 1 saturated heterocycles. The molecule has 0 radical (unpaired) electrons. The lowest BCUT2D eigenvalue weighted by Gasteiger charge is -2.43. The van der Waals surface area contributed by atoms with Crippen LogP contribution in [0.1, 0.15) is 29.9 Å². The fourth-order valence-electron chi connectivity index (χ4n) is 5.96. The number of nitrogens with zero attached hydrogens (tertiary/aromatic N) is 1. The Balaban J connectivity index is 1.72. The Morgan fingerprint density at radius 3 is 2.65 bits per heavy atom. The summed E-state index contributed by atoms with van der Waals surface area (Å²) in [5.41, 5.74) is -0.385. The molecule has 1 spiro atoms. The van der Waals surface area contributed by atoms with Gasteiger partial charge in [0.2, 0.25) is 17.7 Å². The van der Waals surface area contributed by atoms with E-state index in [4.69, 9.17) is 23.2 Å². The zero-order chi connectivity index (χ0) is 24.4. The van der Waals surface area contributed by atoms with Crippen molar-refractivity contribution in [3.8, 4) is 0 Å². The molecule has 2 fully saturated rings. The molecule has 1 unspecified atom stereocenters. The first-order valence-electron chi connectivity index (χ1n) is 11.0. The number of hydrogen-bond donors (Lipinski definition) is 2. The normalized spacial score (nSPS) is 28.0. The van der Waals surface area contributed by atoms with Gasteiger partial charge in [0.05, 0.1) is 10.9 Å². The summed E-state index contributed by atoms with van der Waals surface area (Å²) in [6, 6.07) is 9.38. The van der Waals surface area contributed by atoms with Gasteiger partial charge in [0.1, 0.15) is 11.4 Å². The van der Waals surface area contributed by atoms with Crippen molar-refractivity contribution >= 4 is 40.7 Å². The summed E-state index contributed by atoms with van der Waals surface area (Å²) in [5.74, 6) is -6.41. The van der Waals surface area contributed by atoms with E-state index in [9.17, 15) is 18.4 Å². The molecule has 5 rings (SSSR count). The molecule has 2 aromatic rings. The van der Waals surface area contributed by atoms with Crippen LogP contribution >= 0.6 is 23.2 Å². The number of anilines is 1. The number of rotatable bonds is 4. The molecule has 0 bridgehead atoms. The topological polar surface area (TPSA) is 61.4 Å². The summed E-state index contributed by atoms with van der Waals surface area (Å²) in [4.78, 5) is 28.6. The highest BCUT2D eigenvalue weighted by atomic mass is 35.5. The highest BCUT2D eigenvalue weighted by Crippen LogP contribution is 2.59. The third-order valence-electron chi connectivity index (χ3n) is 7.31. The number of halogens is 5. The Bertz CT molecular complexity index is 1190. The van der Waals surface area contributed by atoms with E-state index >= 15 is 4.39 Å². The van der Waals surface area contributed by atoms with Crippen LogP contribution < -0.4 is 10.6 Å². The van der Waals surface area contributed by atoms with E-state index in [-0.39, 0.29) is 48.3 Å². The third-order valence-corrected chi connectivity index (χ3v) is 7.83. The second-order valence-electron chi connectivity index (χ2n) is 9.29. The molecule has 3 atom stereocenters. The van der Waals surface area contributed by atoms with Crippen LogP contribution in [-0.4, -0.2) is 42.8 Å². The SMILES string of the molecule is CNC(=O)[C@@H]1CN(CC2CC(F)(F)C2)[C@@]2(C(=O)Nc3cc(Cl)ccc32)C1c1cccc(Cl)c1F. The van der Waals surface area contributed by atoms with Gasteiger partial charge in [-0.05, 0) is 29.7 Å².